The zero-order valence-corrected chi connectivity index (χ0v) is 9.68. The fourth-order valence-electron chi connectivity index (χ4n) is 2.38. The van der Waals surface area contributed by atoms with Crippen molar-refractivity contribution in [3.8, 4) is 0 Å². The molecule has 1 aliphatic carbocycles. The Labute approximate surface area is 91.7 Å². The maximum atomic E-state index is 10.8. The first-order valence-corrected chi connectivity index (χ1v) is 5.63. The van der Waals surface area contributed by atoms with Crippen LogP contribution in [0.2, 0.25) is 0 Å². The Bertz CT molecular complexity index is 302. The number of carboxylic acids is 1. The van der Waals surface area contributed by atoms with Gasteiger partial charge in [0.2, 0.25) is 0 Å². The predicted molar refractivity (Wildman–Crippen MR) is 61.7 cm³/mol. The van der Waals surface area contributed by atoms with Gasteiger partial charge < -0.3 is 5.11 Å². The summed E-state index contributed by atoms with van der Waals surface area (Å²) >= 11 is 0. The standard InChI is InChI=1S/C13H20O2/c1-4-13(9-10(2)12(14)15)8-6-5-7-11(13)3/h9H,3-8H2,1-2H3,(H,14,15). The lowest BCUT2D eigenvalue weighted by Gasteiger charge is -2.36. The highest BCUT2D eigenvalue weighted by Crippen LogP contribution is 2.44. The number of allylic oxidation sites excluding steroid dienone is 2. The molecule has 1 rings (SSSR count). The molecule has 0 heterocycles. The summed E-state index contributed by atoms with van der Waals surface area (Å²) in [4.78, 5) is 10.8. The first-order valence-electron chi connectivity index (χ1n) is 5.63. The van der Waals surface area contributed by atoms with Gasteiger partial charge >= 0.3 is 5.97 Å². The normalized spacial score (nSPS) is 27.9. The number of carbonyl (C=O) groups is 1. The van der Waals surface area contributed by atoms with Gasteiger partial charge in [0.1, 0.15) is 0 Å². The number of aliphatic carboxylic acids is 1. The second kappa shape index (κ2) is 4.65. The zero-order chi connectivity index (χ0) is 11.5. The van der Waals surface area contributed by atoms with Crippen LogP contribution in [-0.2, 0) is 4.79 Å². The van der Waals surface area contributed by atoms with E-state index in [1.807, 2.05) is 6.08 Å². The smallest absolute Gasteiger partial charge is 0.330 e. The number of carboxylic acid groups (broad SMARTS) is 1. The van der Waals surface area contributed by atoms with Crippen LogP contribution in [-0.4, -0.2) is 11.1 Å². The third kappa shape index (κ3) is 2.49. The van der Waals surface area contributed by atoms with Gasteiger partial charge in [-0.1, -0.05) is 31.6 Å². The van der Waals surface area contributed by atoms with Gasteiger partial charge in [-0.15, -0.1) is 0 Å². The fourth-order valence-corrected chi connectivity index (χ4v) is 2.38. The molecule has 1 saturated carbocycles. The summed E-state index contributed by atoms with van der Waals surface area (Å²) < 4.78 is 0. The molecule has 0 aromatic carbocycles. The third-order valence-electron chi connectivity index (χ3n) is 3.52. The molecule has 0 spiro atoms. The van der Waals surface area contributed by atoms with Gasteiger partial charge in [0.05, 0.1) is 0 Å². The molecule has 1 unspecified atom stereocenters. The van der Waals surface area contributed by atoms with Crippen LogP contribution >= 0.6 is 0 Å². The lowest BCUT2D eigenvalue weighted by Crippen LogP contribution is -2.24. The Morgan fingerprint density at radius 3 is 2.73 bits per heavy atom. The molecule has 84 valence electrons. The molecule has 0 bridgehead atoms. The molecule has 1 N–H and O–H groups in total. The second-order valence-electron chi connectivity index (χ2n) is 4.45. The van der Waals surface area contributed by atoms with E-state index in [0.29, 0.717) is 5.57 Å². The Hall–Kier alpha value is -1.05. The minimum absolute atomic E-state index is 0.0548. The number of hydrogen-bond acceptors (Lipinski definition) is 1. The van der Waals surface area contributed by atoms with Crippen molar-refractivity contribution in [2.24, 2.45) is 5.41 Å². The van der Waals surface area contributed by atoms with Gasteiger partial charge in [0.15, 0.2) is 0 Å². The monoisotopic (exact) mass is 208 g/mol. The number of hydrogen-bond donors (Lipinski definition) is 1. The van der Waals surface area contributed by atoms with Gasteiger partial charge in [0.25, 0.3) is 0 Å². The van der Waals surface area contributed by atoms with Crippen molar-refractivity contribution in [1.29, 1.82) is 0 Å². The quantitative estimate of drug-likeness (QED) is 0.569. The Balaban J connectivity index is 2.98. The lowest BCUT2D eigenvalue weighted by atomic mass is 9.68. The summed E-state index contributed by atoms with van der Waals surface area (Å²) in [6.07, 6.45) is 7.33. The summed E-state index contributed by atoms with van der Waals surface area (Å²) in [7, 11) is 0. The van der Waals surface area contributed by atoms with Gasteiger partial charge in [0, 0.05) is 11.0 Å². The molecule has 0 saturated heterocycles. The molecular weight excluding hydrogens is 188 g/mol. The van der Waals surface area contributed by atoms with Gasteiger partial charge in [-0.2, -0.15) is 0 Å². The molecule has 0 aromatic rings. The average molecular weight is 208 g/mol. The van der Waals surface area contributed by atoms with E-state index in [-0.39, 0.29) is 5.41 Å². The van der Waals surface area contributed by atoms with Crippen LogP contribution in [0.15, 0.2) is 23.8 Å². The van der Waals surface area contributed by atoms with Crippen molar-refractivity contribution in [2.45, 2.75) is 46.0 Å². The minimum atomic E-state index is -0.818. The summed E-state index contributed by atoms with van der Waals surface area (Å²) in [6, 6.07) is 0. The van der Waals surface area contributed by atoms with Crippen LogP contribution in [0.4, 0.5) is 0 Å². The van der Waals surface area contributed by atoms with Crippen molar-refractivity contribution in [3.05, 3.63) is 23.8 Å². The third-order valence-corrected chi connectivity index (χ3v) is 3.52. The molecule has 0 amide bonds. The minimum Gasteiger partial charge on any atom is -0.478 e. The Morgan fingerprint density at radius 1 is 1.60 bits per heavy atom. The van der Waals surface area contributed by atoms with Crippen molar-refractivity contribution in [2.75, 3.05) is 0 Å². The summed E-state index contributed by atoms with van der Waals surface area (Å²) in [5.74, 6) is -0.818. The van der Waals surface area contributed by atoms with E-state index in [9.17, 15) is 4.79 Å². The van der Waals surface area contributed by atoms with E-state index in [1.165, 1.54) is 18.4 Å². The van der Waals surface area contributed by atoms with Gasteiger partial charge in [-0.3, -0.25) is 0 Å². The molecule has 15 heavy (non-hydrogen) atoms. The maximum absolute atomic E-state index is 10.8. The van der Waals surface area contributed by atoms with Crippen LogP contribution in [0.5, 0.6) is 0 Å². The van der Waals surface area contributed by atoms with Crippen molar-refractivity contribution in [1.82, 2.24) is 0 Å². The van der Waals surface area contributed by atoms with E-state index in [1.54, 1.807) is 6.92 Å². The molecule has 0 aromatic heterocycles. The highest BCUT2D eigenvalue weighted by molar-refractivity contribution is 5.86. The van der Waals surface area contributed by atoms with Crippen LogP contribution < -0.4 is 0 Å². The van der Waals surface area contributed by atoms with Crippen molar-refractivity contribution < 1.29 is 9.90 Å². The van der Waals surface area contributed by atoms with Crippen LogP contribution in [0.3, 0.4) is 0 Å². The second-order valence-corrected chi connectivity index (χ2v) is 4.45. The Kier molecular flexibility index (Phi) is 3.72. The van der Waals surface area contributed by atoms with E-state index >= 15 is 0 Å². The molecule has 0 radical (unpaired) electrons. The zero-order valence-electron chi connectivity index (χ0n) is 9.68. The Morgan fingerprint density at radius 2 is 2.27 bits per heavy atom. The lowest BCUT2D eigenvalue weighted by molar-refractivity contribution is -0.132. The maximum Gasteiger partial charge on any atom is 0.330 e. The summed E-state index contributed by atoms with van der Waals surface area (Å²) in [6.45, 7) is 7.89. The fraction of sp³-hybridized carbons (Fsp3) is 0.615. The first kappa shape index (κ1) is 12.0. The first-order chi connectivity index (χ1) is 7.02. The molecular formula is C13H20O2. The van der Waals surface area contributed by atoms with E-state index in [4.69, 9.17) is 5.11 Å². The molecule has 1 aliphatic rings. The molecule has 1 atom stereocenters. The summed E-state index contributed by atoms with van der Waals surface area (Å²) in [5.41, 5.74) is 1.59. The summed E-state index contributed by atoms with van der Waals surface area (Å²) in [5, 5.41) is 8.91. The van der Waals surface area contributed by atoms with Crippen LogP contribution in [0.25, 0.3) is 0 Å². The molecule has 2 nitrogen and oxygen atoms in total. The molecule has 0 aliphatic heterocycles. The van der Waals surface area contributed by atoms with Crippen LogP contribution in [0, 0.1) is 5.41 Å². The van der Waals surface area contributed by atoms with E-state index in [2.05, 4.69) is 13.5 Å². The predicted octanol–water partition coefficient (Wildman–Crippen LogP) is 3.54. The molecule has 2 heteroatoms. The largest absolute Gasteiger partial charge is 0.478 e. The number of rotatable bonds is 3. The van der Waals surface area contributed by atoms with Gasteiger partial charge in [-0.25, -0.2) is 4.79 Å². The topological polar surface area (TPSA) is 37.3 Å². The average Bonchev–Trinajstić information content (AvgIpc) is 2.21. The van der Waals surface area contributed by atoms with Crippen molar-refractivity contribution in [3.63, 3.8) is 0 Å². The molecule has 1 fully saturated rings. The van der Waals surface area contributed by atoms with E-state index in [0.717, 1.165) is 19.3 Å². The SMILES string of the molecule is C=C1CCCCC1(C=C(C)C(=O)O)CC. The van der Waals surface area contributed by atoms with Crippen molar-refractivity contribution >= 4 is 5.97 Å². The van der Waals surface area contributed by atoms with E-state index < -0.39 is 5.97 Å². The van der Waals surface area contributed by atoms with Gasteiger partial charge in [-0.05, 0) is 32.6 Å². The highest BCUT2D eigenvalue weighted by Gasteiger charge is 2.31. The van der Waals surface area contributed by atoms with Crippen LogP contribution in [0.1, 0.15) is 46.0 Å². The highest BCUT2D eigenvalue weighted by atomic mass is 16.4.